The average molecular weight is 435 g/mol. The molecule has 0 aromatic heterocycles. The SMILES string of the molecule is COc1ccc(C[C@H]2COC(=O)[C@@H]2Cc2ccc(OC(=O)Cl)c(OC)c2)cc1OC. The predicted octanol–water partition coefficient (Wildman–Crippen LogP) is 4.02. The maximum atomic E-state index is 12.4. The van der Waals surface area contributed by atoms with Crippen LogP contribution < -0.4 is 18.9 Å². The summed E-state index contributed by atoms with van der Waals surface area (Å²) in [4.78, 5) is 23.4. The van der Waals surface area contributed by atoms with Crippen LogP contribution in [-0.2, 0) is 22.4 Å². The smallest absolute Gasteiger partial charge is 0.409 e. The Balaban J connectivity index is 1.76. The van der Waals surface area contributed by atoms with Crippen LogP contribution in [0.1, 0.15) is 11.1 Å². The van der Waals surface area contributed by atoms with E-state index in [1.54, 1.807) is 32.4 Å². The predicted molar refractivity (Wildman–Crippen MR) is 110 cm³/mol. The third-order valence-electron chi connectivity index (χ3n) is 5.13. The first-order valence-electron chi connectivity index (χ1n) is 9.37. The van der Waals surface area contributed by atoms with Gasteiger partial charge < -0.3 is 23.7 Å². The van der Waals surface area contributed by atoms with Gasteiger partial charge in [0, 0.05) is 17.5 Å². The Morgan fingerprint density at radius 2 is 1.50 bits per heavy atom. The second-order valence-electron chi connectivity index (χ2n) is 6.92. The molecule has 2 aromatic rings. The van der Waals surface area contributed by atoms with E-state index in [0.717, 1.165) is 11.1 Å². The van der Waals surface area contributed by atoms with Crippen molar-refractivity contribution in [2.75, 3.05) is 27.9 Å². The van der Waals surface area contributed by atoms with Crippen molar-refractivity contribution in [1.29, 1.82) is 0 Å². The van der Waals surface area contributed by atoms with Gasteiger partial charge in [0.2, 0.25) is 0 Å². The van der Waals surface area contributed by atoms with E-state index in [0.29, 0.717) is 36.7 Å². The standard InChI is InChI=1S/C22H23ClO7/c1-26-17-6-4-13(10-19(17)27-2)8-15-12-29-21(24)16(15)9-14-5-7-18(30-22(23)25)20(11-14)28-3/h4-7,10-11,15-16H,8-9,12H2,1-3H3/t15-,16+/m0/s1. The molecule has 8 heteroatoms. The molecular weight excluding hydrogens is 412 g/mol. The van der Waals surface area contributed by atoms with Crippen molar-refractivity contribution in [1.82, 2.24) is 0 Å². The Labute approximate surface area is 179 Å². The van der Waals surface area contributed by atoms with Crippen LogP contribution in [0.4, 0.5) is 4.79 Å². The fourth-order valence-electron chi connectivity index (χ4n) is 3.63. The summed E-state index contributed by atoms with van der Waals surface area (Å²) < 4.78 is 26.2. The normalized spacial score (nSPS) is 17.9. The van der Waals surface area contributed by atoms with E-state index in [1.807, 2.05) is 18.2 Å². The van der Waals surface area contributed by atoms with Crippen LogP contribution in [0.15, 0.2) is 36.4 Å². The molecule has 0 bridgehead atoms. The second kappa shape index (κ2) is 9.71. The van der Waals surface area contributed by atoms with Crippen molar-refractivity contribution in [2.24, 2.45) is 11.8 Å². The van der Waals surface area contributed by atoms with Crippen LogP contribution in [0.5, 0.6) is 23.0 Å². The molecule has 1 saturated heterocycles. The zero-order chi connectivity index (χ0) is 21.7. The molecule has 1 fully saturated rings. The fourth-order valence-corrected chi connectivity index (χ4v) is 3.71. The molecule has 2 atom stereocenters. The van der Waals surface area contributed by atoms with Crippen LogP contribution in [-0.4, -0.2) is 39.3 Å². The Hall–Kier alpha value is -2.93. The third-order valence-corrected chi connectivity index (χ3v) is 5.21. The van der Waals surface area contributed by atoms with Gasteiger partial charge in [-0.1, -0.05) is 12.1 Å². The topological polar surface area (TPSA) is 80.3 Å². The molecule has 30 heavy (non-hydrogen) atoms. The monoisotopic (exact) mass is 434 g/mol. The largest absolute Gasteiger partial charge is 0.493 e. The molecule has 1 aliphatic rings. The Morgan fingerprint density at radius 1 is 0.933 bits per heavy atom. The number of halogens is 1. The number of carbonyl (C=O) groups excluding carboxylic acids is 2. The summed E-state index contributed by atoms with van der Waals surface area (Å²) in [6.07, 6.45) is 1.14. The highest BCUT2D eigenvalue weighted by atomic mass is 35.5. The first-order valence-corrected chi connectivity index (χ1v) is 9.74. The molecule has 1 heterocycles. The summed E-state index contributed by atoms with van der Waals surface area (Å²) in [7, 11) is 4.64. The van der Waals surface area contributed by atoms with Gasteiger partial charge >= 0.3 is 11.4 Å². The summed E-state index contributed by atoms with van der Waals surface area (Å²) >= 11 is 5.28. The number of carbonyl (C=O) groups is 2. The number of hydrogen-bond donors (Lipinski definition) is 0. The third kappa shape index (κ3) is 4.97. The molecular formula is C22H23ClO7. The van der Waals surface area contributed by atoms with Gasteiger partial charge in [-0.3, -0.25) is 4.79 Å². The number of esters is 1. The van der Waals surface area contributed by atoms with E-state index < -0.39 is 5.43 Å². The fraction of sp³-hybridized carbons (Fsp3) is 0.364. The summed E-state index contributed by atoms with van der Waals surface area (Å²) in [5.41, 5.74) is 0.945. The molecule has 1 aliphatic heterocycles. The van der Waals surface area contributed by atoms with Crippen molar-refractivity contribution in [3.05, 3.63) is 47.5 Å². The van der Waals surface area contributed by atoms with Gasteiger partial charge in [-0.25, -0.2) is 4.79 Å². The lowest BCUT2D eigenvalue weighted by Crippen LogP contribution is -2.20. The van der Waals surface area contributed by atoms with E-state index >= 15 is 0 Å². The van der Waals surface area contributed by atoms with Crippen LogP contribution in [0.3, 0.4) is 0 Å². The van der Waals surface area contributed by atoms with E-state index in [1.165, 1.54) is 7.11 Å². The van der Waals surface area contributed by atoms with Gasteiger partial charge in [-0.05, 0) is 48.2 Å². The average Bonchev–Trinajstić information content (AvgIpc) is 3.07. The van der Waals surface area contributed by atoms with Crippen LogP contribution in [0.25, 0.3) is 0 Å². The lowest BCUT2D eigenvalue weighted by atomic mass is 9.85. The highest BCUT2D eigenvalue weighted by Gasteiger charge is 2.37. The van der Waals surface area contributed by atoms with Crippen molar-refractivity contribution < 1.29 is 33.3 Å². The summed E-state index contributed by atoms with van der Waals surface area (Å²) in [6.45, 7) is 0.358. The van der Waals surface area contributed by atoms with Gasteiger partial charge in [0.15, 0.2) is 23.0 Å². The maximum Gasteiger partial charge on any atom is 0.409 e. The van der Waals surface area contributed by atoms with Gasteiger partial charge in [0.05, 0.1) is 33.9 Å². The van der Waals surface area contributed by atoms with Gasteiger partial charge in [-0.2, -0.15) is 0 Å². The first-order chi connectivity index (χ1) is 14.4. The summed E-state index contributed by atoms with van der Waals surface area (Å²) in [5, 5.41) is 0. The molecule has 0 aliphatic carbocycles. The van der Waals surface area contributed by atoms with Gasteiger partial charge in [0.1, 0.15) is 0 Å². The van der Waals surface area contributed by atoms with E-state index in [-0.39, 0.29) is 23.6 Å². The number of benzene rings is 2. The summed E-state index contributed by atoms with van der Waals surface area (Å²) in [5.74, 6) is 1.37. The molecule has 0 radical (unpaired) electrons. The summed E-state index contributed by atoms with van der Waals surface area (Å²) in [6, 6.07) is 10.8. The quantitative estimate of drug-likeness (QED) is 0.458. The van der Waals surface area contributed by atoms with Gasteiger partial charge in [0.25, 0.3) is 0 Å². The Kier molecular flexibility index (Phi) is 7.05. The van der Waals surface area contributed by atoms with Crippen molar-refractivity contribution in [3.63, 3.8) is 0 Å². The minimum absolute atomic E-state index is 0.0157. The molecule has 0 spiro atoms. The molecule has 7 nitrogen and oxygen atoms in total. The number of rotatable bonds is 8. The number of ether oxygens (including phenoxy) is 5. The van der Waals surface area contributed by atoms with E-state index in [9.17, 15) is 9.59 Å². The van der Waals surface area contributed by atoms with Gasteiger partial charge in [-0.15, -0.1) is 0 Å². The Morgan fingerprint density at radius 3 is 2.10 bits per heavy atom. The molecule has 0 N–H and O–H groups in total. The van der Waals surface area contributed by atoms with Crippen LogP contribution >= 0.6 is 11.6 Å². The van der Waals surface area contributed by atoms with E-state index in [4.69, 9.17) is 35.3 Å². The highest BCUT2D eigenvalue weighted by Crippen LogP contribution is 2.35. The van der Waals surface area contributed by atoms with Crippen molar-refractivity contribution >= 4 is 23.0 Å². The minimum atomic E-state index is -0.949. The van der Waals surface area contributed by atoms with Crippen molar-refractivity contribution in [3.8, 4) is 23.0 Å². The molecule has 0 unspecified atom stereocenters. The van der Waals surface area contributed by atoms with E-state index in [2.05, 4.69) is 0 Å². The molecule has 3 rings (SSSR count). The highest BCUT2D eigenvalue weighted by molar-refractivity contribution is 6.61. The maximum absolute atomic E-state index is 12.4. The van der Waals surface area contributed by atoms with Crippen molar-refractivity contribution in [2.45, 2.75) is 12.8 Å². The zero-order valence-electron chi connectivity index (χ0n) is 17.0. The molecule has 160 valence electrons. The lowest BCUT2D eigenvalue weighted by molar-refractivity contribution is -0.141. The number of hydrogen-bond acceptors (Lipinski definition) is 7. The lowest BCUT2D eigenvalue weighted by Gasteiger charge is -2.17. The minimum Gasteiger partial charge on any atom is -0.493 e. The molecule has 0 amide bonds. The number of methoxy groups -OCH3 is 3. The molecule has 0 saturated carbocycles. The number of cyclic esters (lactones) is 1. The first kappa shape index (κ1) is 21.8. The Bertz CT molecular complexity index is 928. The molecule has 2 aromatic carbocycles. The zero-order valence-corrected chi connectivity index (χ0v) is 17.7. The van der Waals surface area contributed by atoms with Crippen LogP contribution in [0.2, 0.25) is 0 Å². The second-order valence-corrected chi connectivity index (χ2v) is 7.23. The van der Waals surface area contributed by atoms with Crippen LogP contribution in [0, 0.1) is 11.8 Å².